The number of hydrogen-bond acceptors (Lipinski definition) is 3. The van der Waals surface area contributed by atoms with Gasteiger partial charge in [0.2, 0.25) is 0 Å². The predicted octanol–water partition coefficient (Wildman–Crippen LogP) is 2.91. The van der Waals surface area contributed by atoms with Crippen molar-refractivity contribution in [2.24, 2.45) is 0 Å². The molecule has 1 N–H and O–H groups in total. The molecule has 0 saturated carbocycles. The van der Waals surface area contributed by atoms with Gasteiger partial charge in [0.25, 0.3) is 0 Å². The van der Waals surface area contributed by atoms with Gasteiger partial charge >= 0.3 is 0 Å². The van der Waals surface area contributed by atoms with Crippen LogP contribution in [-0.4, -0.2) is 26.9 Å². The van der Waals surface area contributed by atoms with Gasteiger partial charge in [-0.2, -0.15) is 0 Å². The van der Waals surface area contributed by atoms with Crippen LogP contribution in [0.3, 0.4) is 0 Å². The summed E-state index contributed by atoms with van der Waals surface area (Å²) in [5, 5.41) is 3.18. The van der Waals surface area contributed by atoms with E-state index in [9.17, 15) is 4.39 Å². The lowest BCUT2D eigenvalue weighted by Gasteiger charge is -2.12. The minimum Gasteiger partial charge on any atom is -0.493 e. The Morgan fingerprint density at radius 3 is 2.95 bits per heavy atom. The molecule has 0 aliphatic heterocycles. The highest BCUT2D eigenvalue weighted by atomic mass is 19.1. The van der Waals surface area contributed by atoms with E-state index in [4.69, 9.17) is 9.47 Å². The summed E-state index contributed by atoms with van der Waals surface area (Å²) in [5.41, 5.74) is 0.828. The van der Waals surface area contributed by atoms with Crippen LogP contribution in [0.2, 0.25) is 0 Å². The SMILES string of the molecule is C=CCCCOc1ccc(F)cc1CNCCOC. The minimum absolute atomic E-state index is 0.248. The molecular formula is C15H22FNO2. The van der Waals surface area contributed by atoms with Crippen molar-refractivity contribution in [1.29, 1.82) is 0 Å². The zero-order chi connectivity index (χ0) is 13.9. The second kappa shape index (κ2) is 9.53. The fourth-order valence-electron chi connectivity index (χ4n) is 1.63. The van der Waals surface area contributed by atoms with Crippen molar-refractivity contribution >= 4 is 0 Å². The molecule has 3 nitrogen and oxygen atoms in total. The average molecular weight is 267 g/mol. The van der Waals surface area contributed by atoms with Crippen LogP contribution in [0.1, 0.15) is 18.4 Å². The van der Waals surface area contributed by atoms with Crippen LogP contribution >= 0.6 is 0 Å². The molecule has 4 heteroatoms. The molecule has 0 aromatic heterocycles. The topological polar surface area (TPSA) is 30.5 Å². The van der Waals surface area contributed by atoms with Gasteiger partial charge in [-0.25, -0.2) is 4.39 Å². The van der Waals surface area contributed by atoms with E-state index in [0.717, 1.165) is 30.7 Å². The molecule has 0 aliphatic carbocycles. The third-order valence-electron chi connectivity index (χ3n) is 2.63. The zero-order valence-electron chi connectivity index (χ0n) is 11.5. The van der Waals surface area contributed by atoms with Crippen LogP contribution < -0.4 is 10.1 Å². The maximum Gasteiger partial charge on any atom is 0.123 e. The van der Waals surface area contributed by atoms with Crippen molar-refractivity contribution in [2.45, 2.75) is 19.4 Å². The fourth-order valence-corrected chi connectivity index (χ4v) is 1.63. The molecule has 0 fully saturated rings. The Balaban J connectivity index is 2.50. The van der Waals surface area contributed by atoms with Crippen molar-refractivity contribution < 1.29 is 13.9 Å². The van der Waals surface area contributed by atoms with Crippen molar-refractivity contribution in [3.8, 4) is 5.75 Å². The average Bonchev–Trinajstić information content (AvgIpc) is 2.41. The van der Waals surface area contributed by atoms with E-state index in [2.05, 4.69) is 11.9 Å². The van der Waals surface area contributed by atoms with Gasteiger partial charge in [-0.3, -0.25) is 0 Å². The molecule has 0 atom stereocenters. The summed E-state index contributed by atoms with van der Waals surface area (Å²) in [6, 6.07) is 4.60. The molecule has 1 aromatic rings. The van der Waals surface area contributed by atoms with Gasteiger partial charge in [0, 0.05) is 25.8 Å². The summed E-state index contributed by atoms with van der Waals surface area (Å²) in [6.45, 7) is 6.20. The maximum absolute atomic E-state index is 13.2. The van der Waals surface area contributed by atoms with Crippen LogP contribution in [0.25, 0.3) is 0 Å². The van der Waals surface area contributed by atoms with Gasteiger partial charge in [-0.05, 0) is 31.0 Å². The van der Waals surface area contributed by atoms with E-state index in [0.29, 0.717) is 19.8 Å². The molecule has 0 bridgehead atoms. The standard InChI is InChI=1S/C15H22FNO2/c1-3-4-5-9-19-15-7-6-14(16)11-13(15)12-17-8-10-18-2/h3,6-7,11,17H,1,4-5,8-10,12H2,2H3. The molecule has 0 aliphatic rings. The Labute approximate surface area is 114 Å². The molecule has 1 rings (SSSR count). The first-order valence-corrected chi connectivity index (χ1v) is 6.49. The van der Waals surface area contributed by atoms with E-state index in [-0.39, 0.29) is 5.82 Å². The van der Waals surface area contributed by atoms with Crippen molar-refractivity contribution in [3.05, 3.63) is 42.2 Å². The first kappa shape index (κ1) is 15.7. The number of ether oxygens (including phenoxy) is 2. The van der Waals surface area contributed by atoms with E-state index in [1.165, 1.54) is 12.1 Å². The van der Waals surface area contributed by atoms with E-state index >= 15 is 0 Å². The number of halogens is 1. The lowest BCUT2D eigenvalue weighted by molar-refractivity contribution is 0.199. The van der Waals surface area contributed by atoms with Crippen LogP contribution in [0.5, 0.6) is 5.75 Å². The van der Waals surface area contributed by atoms with Gasteiger partial charge in [0.05, 0.1) is 13.2 Å². The molecule has 0 heterocycles. The van der Waals surface area contributed by atoms with E-state index in [1.807, 2.05) is 6.08 Å². The number of rotatable bonds is 10. The monoisotopic (exact) mass is 267 g/mol. The second-order valence-electron chi connectivity index (χ2n) is 4.20. The number of nitrogens with one attached hydrogen (secondary N) is 1. The smallest absolute Gasteiger partial charge is 0.123 e. The Bertz CT molecular complexity index is 382. The number of benzene rings is 1. The second-order valence-corrected chi connectivity index (χ2v) is 4.20. The van der Waals surface area contributed by atoms with Crippen LogP contribution in [-0.2, 0) is 11.3 Å². The highest BCUT2D eigenvalue weighted by Crippen LogP contribution is 2.20. The highest BCUT2D eigenvalue weighted by molar-refractivity contribution is 5.33. The van der Waals surface area contributed by atoms with Gasteiger partial charge < -0.3 is 14.8 Å². The third-order valence-corrected chi connectivity index (χ3v) is 2.63. The summed E-state index contributed by atoms with van der Waals surface area (Å²) < 4.78 is 23.9. The third kappa shape index (κ3) is 6.36. The van der Waals surface area contributed by atoms with Crippen LogP contribution in [0.4, 0.5) is 4.39 Å². The van der Waals surface area contributed by atoms with Crippen molar-refractivity contribution in [1.82, 2.24) is 5.32 Å². The number of methoxy groups -OCH3 is 1. The molecule has 1 aromatic carbocycles. The normalized spacial score (nSPS) is 10.4. The van der Waals surface area contributed by atoms with E-state index in [1.54, 1.807) is 13.2 Å². The largest absolute Gasteiger partial charge is 0.493 e. The highest BCUT2D eigenvalue weighted by Gasteiger charge is 2.05. The molecule has 0 saturated heterocycles. The Morgan fingerprint density at radius 2 is 2.21 bits per heavy atom. The summed E-state index contributed by atoms with van der Waals surface area (Å²) >= 11 is 0. The number of allylic oxidation sites excluding steroid dienone is 1. The molecular weight excluding hydrogens is 245 g/mol. The first-order valence-electron chi connectivity index (χ1n) is 6.49. The molecule has 19 heavy (non-hydrogen) atoms. The van der Waals surface area contributed by atoms with Crippen molar-refractivity contribution in [2.75, 3.05) is 26.9 Å². The molecule has 106 valence electrons. The van der Waals surface area contributed by atoms with Gasteiger partial charge in [-0.1, -0.05) is 6.08 Å². The maximum atomic E-state index is 13.2. The summed E-state index contributed by atoms with van der Waals surface area (Å²) in [6.07, 6.45) is 3.70. The molecule has 0 spiro atoms. The number of hydrogen-bond donors (Lipinski definition) is 1. The van der Waals surface area contributed by atoms with Gasteiger partial charge in [0.15, 0.2) is 0 Å². The molecule has 0 amide bonds. The van der Waals surface area contributed by atoms with Gasteiger partial charge in [-0.15, -0.1) is 6.58 Å². The zero-order valence-corrected chi connectivity index (χ0v) is 11.5. The fraction of sp³-hybridized carbons (Fsp3) is 0.467. The quantitative estimate of drug-likeness (QED) is 0.522. The summed E-state index contributed by atoms with van der Waals surface area (Å²) in [7, 11) is 1.65. The van der Waals surface area contributed by atoms with Crippen molar-refractivity contribution in [3.63, 3.8) is 0 Å². The number of unbranched alkanes of at least 4 members (excludes halogenated alkanes) is 1. The predicted molar refractivity (Wildman–Crippen MR) is 74.9 cm³/mol. The summed E-state index contributed by atoms with van der Waals surface area (Å²) in [4.78, 5) is 0. The molecule has 0 unspecified atom stereocenters. The Morgan fingerprint density at radius 1 is 1.37 bits per heavy atom. The Kier molecular flexibility index (Phi) is 7.86. The van der Waals surface area contributed by atoms with Gasteiger partial charge in [0.1, 0.15) is 11.6 Å². The first-order chi connectivity index (χ1) is 9.27. The Hall–Kier alpha value is -1.39. The lowest BCUT2D eigenvalue weighted by Crippen LogP contribution is -2.19. The lowest BCUT2D eigenvalue weighted by atomic mass is 10.2. The van der Waals surface area contributed by atoms with Crippen LogP contribution in [0, 0.1) is 5.82 Å². The van der Waals surface area contributed by atoms with Crippen LogP contribution in [0.15, 0.2) is 30.9 Å². The summed E-state index contributed by atoms with van der Waals surface area (Å²) in [5.74, 6) is 0.484. The minimum atomic E-state index is -0.248. The van der Waals surface area contributed by atoms with E-state index < -0.39 is 0 Å². The molecule has 0 radical (unpaired) electrons.